The molecule has 1 aromatic rings. The number of halogens is 2. The molecule has 0 spiro atoms. The molecule has 0 saturated heterocycles. The van der Waals surface area contributed by atoms with Crippen LogP contribution in [0.3, 0.4) is 0 Å². The van der Waals surface area contributed by atoms with Gasteiger partial charge in [0, 0.05) is 10.7 Å². The van der Waals surface area contributed by atoms with E-state index in [2.05, 4.69) is 58.7 Å². The first-order valence-electron chi connectivity index (χ1n) is 4.32. The van der Waals surface area contributed by atoms with Gasteiger partial charge >= 0.3 is 0 Å². The molecule has 0 saturated carbocycles. The van der Waals surface area contributed by atoms with Crippen molar-refractivity contribution in [1.82, 2.24) is 0 Å². The Balaban J connectivity index is 3.39. The highest BCUT2D eigenvalue weighted by Crippen LogP contribution is 2.25. The monoisotopic (exact) mass is 304 g/mol. The lowest BCUT2D eigenvalue weighted by Gasteiger charge is -2.13. The predicted molar refractivity (Wildman–Crippen MR) is 65.9 cm³/mol. The summed E-state index contributed by atoms with van der Waals surface area (Å²) >= 11 is 7.06. The second-order valence-electron chi connectivity index (χ2n) is 3.35. The Labute approximate surface area is 97.0 Å². The molecule has 0 atom stereocenters. The van der Waals surface area contributed by atoms with Crippen molar-refractivity contribution in [3.8, 4) is 0 Å². The topological polar surface area (TPSA) is 0 Å². The van der Waals surface area contributed by atoms with E-state index in [1.165, 1.54) is 27.8 Å². The van der Waals surface area contributed by atoms with Crippen LogP contribution in [-0.2, 0) is 10.7 Å². The zero-order valence-corrected chi connectivity index (χ0v) is 11.4. The summed E-state index contributed by atoms with van der Waals surface area (Å²) in [5, 5.41) is 1.90. The highest BCUT2D eigenvalue weighted by molar-refractivity contribution is 9.08. The van der Waals surface area contributed by atoms with E-state index >= 15 is 0 Å². The number of aryl methyl sites for hydroxylation is 1. The van der Waals surface area contributed by atoms with E-state index in [0.717, 1.165) is 10.7 Å². The van der Waals surface area contributed by atoms with E-state index in [4.69, 9.17) is 0 Å². The van der Waals surface area contributed by atoms with Gasteiger partial charge in [0.2, 0.25) is 0 Å². The summed E-state index contributed by atoms with van der Waals surface area (Å²) in [5.74, 6) is 0. The summed E-state index contributed by atoms with van der Waals surface area (Å²) in [7, 11) is 0. The van der Waals surface area contributed by atoms with Crippen LogP contribution < -0.4 is 0 Å². The molecule has 72 valence electrons. The van der Waals surface area contributed by atoms with Gasteiger partial charge in [-0.3, -0.25) is 0 Å². The van der Waals surface area contributed by atoms with Crippen LogP contribution in [0, 0.1) is 20.8 Å². The third-order valence-electron chi connectivity index (χ3n) is 2.65. The molecule has 0 fully saturated rings. The van der Waals surface area contributed by atoms with Gasteiger partial charge in [0.15, 0.2) is 0 Å². The molecule has 0 radical (unpaired) electrons. The van der Waals surface area contributed by atoms with Gasteiger partial charge in [0.05, 0.1) is 0 Å². The van der Waals surface area contributed by atoms with Crippen molar-refractivity contribution in [3.63, 3.8) is 0 Å². The minimum atomic E-state index is 0.944. The predicted octanol–water partition coefficient (Wildman–Crippen LogP) is 4.40. The fourth-order valence-corrected chi connectivity index (χ4v) is 2.95. The van der Waals surface area contributed by atoms with Gasteiger partial charge in [0.25, 0.3) is 0 Å². The van der Waals surface area contributed by atoms with Crippen LogP contribution in [0.4, 0.5) is 0 Å². The number of rotatable bonds is 2. The zero-order valence-electron chi connectivity index (χ0n) is 8.25. The van der Waals surface area contributed by atoms with Crippen molar-refractivity contribution >= 4 is 31.9 Å². The summed E-state index contributed by atoms with van der Waals surface area (Å²) in [4.78, 5) is 0. The van der Waals surface area contributed by atoms with Crippen molar-refractivity contribution in [2.75, 3.05) is 0 Å². The highest BCUT2D eigenvalue weighted by atomic mass is 79.9. The molecule has 1 aromatic carbocycles. The maximum absolute atomic E-state index is 3.54. The van der Waals surface area contributed by atoms with Crippen LogP contribution in [0.15, 0.2) is 6.07 Å². The van der Waals surface area contributed by atoms with Crippen LogP contribution in [0.5, 0.6) is 0 Å². The van der Waals surface area contributed by atoms with Crippen molar-refractivity contribution in [1.29, 1.82) is 0 Å². The Morgan fingerprint density at radius 2 is 1.62 bits per heavy atom. The summed E-state index contributed by atoms with van der Waals surface area (Å²) < 4.78 is 0. The largest absolute Gasteiger partial charge is 0.0876 e. The van der Waals surface area contributed by atoms with Gasteiger partial charge in [0.1, 0.15) is 0 Å². The molecular formula is C11H14Br2. The second-order valence-corrected chi connectivity index (χ2v) is 4.47. The Kier molecular flexibility index (Phi) is 3.99. The Morgan fingerprint density at radius 3 is 2.08 bits per heavy atom. The molecule has 0 aliphatic rings. The average molecular weight is 306 g/mol. The Bertz CT molecular complexity index is 316. The van der Waals surface area contributed by atoms with Gasteiger partial charge in [-0.15, -0.1) is 0 Å². The van der Waals surface area contributed by atoms with Crippen molar-refractivity contribution in [2.24, 2.45) is 0 Å². The minimum absolute atomic E-state index is 0.944. The number of hydrogen-bond acceptors (Lipinski definition) is 0. The number of hydrogen-bond donors (Lipinski definition) is 0. The lowest BCUT2D eigenvalue weighted by atomic mass is 9.95. The molecule has 2 heteroatoms. The third kappa shape index (κ3) is 2.16. The fraction of sp³-hybridized carbons (Fsp3) is 0.455. The van der Waals surface area contributed by atoms with Gasteiger partial charge < -0.3 is 0 Å². The first-order valence-corrected chi connectivity index (χ1v) is 6.56. The SMILES string of the molecule is Cc1cc(CBr)c(C)c(CBr)c1C. The standard InChI is InChI=1S/C11H14Br2/c1-7-4-10(5-12)9(3)11(6-13)8(7)2/h4H,5-6H2,1-3H3. The number of alkyl halides is 2. The molecule has 1 rings (SSSR count). The Morgan fingerprint density at radius 1 is 1.00 bits per heavy atom. The van der Waals surface area contributed by atoms with E-state index in [9.17, 15) is 0 Å². The van der Waals surface area contributed by atoms with E-state index < -0.39 is 0 Å². The van der Waals surface area contributed by atoms with Crippen LogP contribution in [0.25, 0.3) is 0 Å². The molecule has 0 bridgehead atoms. The molecular weight excluding hydrogens is 292 g/mol. The maximum Gasteiger partial charge on any atom is 0.0288 e. The summed E-state index contributed by atoms with van der Waals surface area (Å²) in [6.07, 6.45) is 0. The smallest absolute Gasteiger partial charge is 0.0288 e. The molecule has 0 nitrogen and oxygen atoms in total. The second kappa shape index (κ2) is 4.61. The highest BCUT2D eigenvalue weighted by Gasteiger charge is 2.08. The molecule has 0 amide bonds. The van der Waals surface area contributed by atoms with Crippen LogP contribution in [-0.4, -0.2) is 0 Å². The van der Waals surface area contributed by atoms with E-state index in [0.29, 0.717) is 0 Å². The van der Waals surface area contributed by atoms with Crippen LogP contribution in [0.1, 0.15) is 27.8 Å². The lowest BCUT2D eigenvalue weighted by Crippen LogP contribution is -1.97. The summed E-state index contributed by atoms with van der Waals surface area (Å²) in [6, 6.07) is 2.27. The van der Waals surface area contributed by atoms with E-state index in [1.807, 2.05) is 0 Å². The third-order valence-corrected chi connectivity index (χ3v) is 3.81. The quantitative estimate of drug-likeness (QED) is 0.710. The van der Waals surface area contributed by atoms with Crippen molar-refractivity contribution < 1.29 is 0 Å². The molecule has 0 heterocycles. The molecule has 0 aromatic heterocycles. The minimum Gasteiger partial charge on any atom is -0.0876 e. The van der Waals surface area contributed by atoms with Crippen molar-refractivity contribution in [3.05, 3.63) is 33.9 Å². The van der Waals surface area contributed by atoms with Gasteiger partial charge in [-0.2, -0.15) is 0 Å². The molecule has 0 aliphatic carbocycles. The first-order chi connectivity index (χ1) is 6.11. The van der Waals surface area contributed by atoms with Gasteiger partial charge in [-0.1, -0.05) is 37.9 Å². The maximum atomic E-state index is 3.54. The molecule has 0 unspecified atom stereocenters. The normalized spacial score (nSPS) is 10.5. The lowest BCUT2D eigenvalue weighted by molar-refractivity contribution is 1.16. The average Bonchev–Trinajstić information content (AvgIpc) is 2.12. The first kappa shape index (κ1) is 11.3. The molecule has 0 aliphatic heterocycles. The van der Waals surface area contributed by atoms with E-state index in [-0.39, 0.29) is 0 Å². The summed E-state index contributed by atoms with van der Waals surface area (Å²) in [5.41, 5.74) is 7.05. The van der Waals surface area contributed by atoms with Gasteiger partial charge in [-0.25, -0.2) is 0 Å². The van der Waals surface area contributed by atoms with Crippen molar-refractivity contribution in [2.45, 2.75) is 31.4 Å². The van der Waals surface area contributed by atoms with E-state index in [1.54, 1.807) is 0 Å². The Hall–Kier alpha value is 0.180. The number of benzene rings is 1. The fourth-order valence-electron chi connectivity index (χ4n) is 1.53. The van der Waals surface area contributed by atoms with Crippen LogP contribution in [0.2, 0.25) is 0 Å². The molecule has 13 heavy (non-hydrogen) atoms. The zero-order chi connectivity index (χ0) is 10.0. The van der Waals surface area contributed by atoms with Crippen LogP contribution >= 0.6 is 31.9 Å². The summed E-state index contributed by atoms with van der Waals surface area (Å²) in [6.45, 7) is 6.56. The molecule has 0 N–H and O–H groups in total. The van der Waals surface area contributed by atoms with Gasteiger partial charge in [-0.05, 0) is 48.6 Å².